The van der Waals surface area contributed by atoms with Crippen molar-refractivity contribution in [3.05, 3.63) is 30.3 Å². The Kier molecular flexibility index (Phi) is 4.71. The third-order valence-corrected chi connectivity index (χ3v) is 3.31. The molecule has 2 rings (SSSR count). The third-order valence-electron chi connectivity index (χ3n) is 3.31. The van der Waals surface area contributed by atoms with Crippen LogP contribution in [0.2, 0.25) is 0 Å². The van der Waals surface area contributed by atoms with Crippen molar-refractivity contribution in [3.63, 3.8) is 0 Å². The molecule has 1 aliphatic heterocycles. The molecule has 0 aliphatic carbocycles. The van der Waals surface area contributed by atoms with E-state index < -0.39 is 17.7 Å². The maximum absolute atomic E-state index is 12.4. The fourth-order valence-corrected chi connectivity index (χ4v) is 2.39. The molecule has 0 unspecified atom stereocenters. The van der Waals surface area contributed by atoms with E-state index in [2.05, 4.69) is 5.32 Å². The Hall–Kier alpha value is -2.08. The maximum Gasteiger partial charge on any atom is 0.411 e. The molecule has 1 aromatic rings. The molecule has 0 saturated carbocycles. The molecular formula is C16H23N3O3. The first-order valence-corrected chi connectivity index (χ1v) is 7.37. The second-order valence-electron chi connectivity index (χ2n) is 6.50. The largest absolute Gasteiger partial charge is 0.444 e. The number of nitrogens with zero attached hydrogens (tertiary/aromatic N) is 1. The minimum Gasteiger partial charge on any atom is -0.444 e. The van der Waals surface area contributed by atoms with Gasteiger partial charge in [-0.2, -0.15) is 0 Å². The zero-order valence-electron chi connectivity index (χ0n) is 13.2. The van der Waals surface area contributed by atoms with Gasteiger partial charge in [-0.25, -0.2) is 4.79 Å². The van der Waals surface area contributed by atoms with Crippen LogP contribution in [0.3, 0.4) is 0 Å². The van der Waals surface area contributed by atoms with E-state index in [9.17, 15) is 9.59 Å². The van der Waals surface area contributed by atoms with Gasteiger partial charge in [-0.3, -0.25) is 9.69 Å². The molecule has 3 N–H and O–H groups in total. The van der Waals surface area contributed by atoms with Gasteiger partial charge in [0.05, 0.1) is 0 Å². The molecule has 2 atom stereocenters. The van der Waals surface area contributed by atoms with Gasteiger partial charge < -0.3 is 15.8 Å². The van der Waals surface area contributed by atoms with E-state index in [1.54, 1.807) is 32.9 Å². The van der Waals surface area contributed by atoms with Crippen molar-refractivity contribution in [3.8, 4) is 0 Å². The van der Waals surface area contributed by atoms with Gasteiger partial charge in [0.15, 0.2) is 0 Å². The standard InChI is InChI=1S/C16H23N3O3/c1-16(2,3)22-15(21)19-10-11(17)9-13(19)14(20)18-12-7-5-4-6-8-12/h4-8,11,13H,9-10,17H2,1-3H3,(H,18,20)/t11-,13-/m0/s1. The first kappa shape index (κ1) is 16.3. The zero-order chi connectivity index (χ0) is 16.3. The molecule has 1 saturated heterocycles. The van der Waals surface area contributed by atoms with Gasteiger partial charge in [0.25, 0.3) is 0 Å². The summed E-state index contributed by atoms with van der Waals surface area (Å²) in [7, 11) is 0. The van der Waals surface area contributed by atoms with Crippen molar-refractivity contribution in [2.45, 2.75) is 44.9 Å². The maximum atomic E-state index is 12.4. The lowest BCUT2D eigenvalue weighted by Gasteiger charge is -2.27. The number of nitrogens with two attached hydrogens (primary N) is 1. The van der Waals surface area contributed by atoms with Crippen LogP contribution in [0.5, 0.6) is 0 Å². The lowest BCUT2D eigenvalue weighted by atomic mass is 10.1. The summed E-state index contributed by atoms with van der Waals surface area (Å²) in [5, 5.41) is 2.81. The molecule has 1 aromatic carbocycles. The number of ether oxygens (including phenoxy) is 1. The predicted octanol–water partition coefficient (Wildman–Crippen LogP) is 1.96. The highest BCUT2D eigenvalue weighted by Crippen LogP contribution is 2.21. The van der Waals surface area contributed by atoms with Crippen LogP contribution >= 0.6 is 0 Å². The first-order valence-electron chi connectivity index (χ1n) is 7.37. The van der Waals surface area contributed by atoms with Crippen LogP contribution in [-0.2, 0) is 9.53 Å². The number of hydrogen-bond acceptors (Lipinski definition) is 4. The van der Waals surface area contributed by atoms with Crippen LogP contribution in [0.25, 0.3) is 0 Å². The van der Waals surface area contributed by atoms with Crippen molar-refractivity contribution in [1.29, 1.82) is 0 Å². The number of benzene rings is 1. The molecule has 22 heavy (non-hydrogen) atoms. The summed E-state index contributed by atoms with van der Waals surface area (Å²) in [5.41, 5.74) is 6.00. The van der Waals surface area contributed by atoms with Crippen LogP contribution < -0.4 is 11.1 Å². The Balaban J connectivity index is 2.07. The molecule has 1 heterocycles. The minimum absolute atomic E-state index is 0.223. The van der Waals surface area contributed by atoms with Crippen molar-refractivity contribution in [1.82, 2.24) is 4.90 Å². The topological polar surface area (TPSA) is 84.7 Å². The fourth-order valence-electron chi connectivity index (χ4n) is 2.39. The average molecular weight is 305 g/mol. The van der Waals surface area contributed by atoms with Crippen LogP contribution in [0.1, 0.15) is 27.2 Å². The lowest BCUT2D eigenvalue weighted by molar-refractivity contribution is -0.120. The number of likely N-dealkylation sites (tertiary alicyclic amines) is 1. The monoisotopic (exact) mass is 305 g/mol. The summed E-state index contributed by atoms with van der Waals surface area (Å²) in [5.74, 6) is -0.245. The Morgan fingerprint density at radius 3 is 2.50 bits per heavy atom. The highest BCUT2D eigenvalue weighted by atomic mass is 16.6. The molecular weight excluding hydrogens is 282 g/mol. The summed E-state index contributed by atoms with van der Waals surface area (Å²) >= 11 is 0. The molecule has 6 nitrogen and oxygen atoms in total. The summed E-state index contributed by atoms with van der Waals surface area (Å²) in [6.45, 7) is 5.70. The summed E-state index contributed by atoms with van der Waals surface area (Å²) in [6, 6.07) is 8.30. The van der Waals surface area contributed by atoms with Crippen molar-refractivity contribution >= 4 is 17.7 Å². The van der Waals surface area contributed by atoms with E-state index in [0.717, 1.165) is 0 Å². The normalized spacial score (nSPS) is 21.5. The number of rotatable bonds is 2. The lowest BCUT2D eigenvalue weighted by Crippen LogP contribution is -2.45. The number of anilines is 1. The van der Waals surface area contributed by atoms with Gasteiger partial charge >= 0.3 is 6.09 Å². The molecule has 120 valence electrons. The van der Waals surface area contributed by atoms with Gasteiger partial charge in [0.2, 0.25) is 5.91 Å². The molecule has 0 radical (unpaired) electrons. The van der Waals surface area contributed by atoms with Crippen molar-refractivity contribution < 1.29 is 14.3 Å². The first-order chi connectivity index (χ1) is 10.3. The molecule has 0 bridgehead atoms. The minimum atomic E-state index is -0.607. The van der Waals surface area contributed by atoms with Crippen LogP contribution in [-0.4, -0.2) is 41.1 Å². The fraction of sp³-hybridized carbons (Fsp3) is 0.500. The molecule has 6 heteroatoms. The quantitative estimate of drug-likeness (QED) is 0.874. The smallest absolute Gasteiger partial charge is 0.411 e. The predicted molar refractivity (Wildman–Crippen MR) is 84.4 cm³/mol. The van der Waals surface area contributed by atoms with E-state index >= 15 is 0 Å². The van der Waals surface area contributed by atoms with Gasteiger partial charge in [0.1, 0.15) is 11.6 Å². The molecule has 1 aliphatic rings. The number of carbonyl (C=O) groups is 2. The van der Waals surface area contributed by atoms with Gasteiger partial charge in [-0.1, -0.05) is 18.2 Å². The highest BCUT2D eigenvalue weighted by Gasteiger charge is 2.40. The summed E-state index contributed by atoms with van der Waals surface area (Å²) < 4.78 is 5.35. The van der Waals surface area contributed by atoms with Crippen molar-refractivity contribution in [2.24, 2.45) is 5.73 Å². The molecule has 0 spiro atoms. The number of nitrogens with one attached hydrogen (secondary N) is 1. The van der Waals surface area contributed by atoms with Crippen LogP contribution in [0, 0.1) is 0 Å². The Labute approximate surface area is 130 Å². The average Bonchev–Trinajstić information content (AvgIpc) is 2.80. The second kappa shape index (κ2) is 6.36. The van der Waals surface area contributed by atoms with Crippen LogP contribution in [0.4, 0.5) is 10.5 Å². The van der Waals surface area contributed by atoms with Crippen molar-refractivity contribution in [2.75, 3.05) is 11.9 Å². The SMILES string of the molecule is CC(C)(C)OC(=O)N1C[C@@H](N)C[C@H]1C(=O)Nc1ccccc1. The third kappa shape index (κ3) is 4.21. The number of amides is 2. The Morgan fingerprint density at radius 1 is 1.27 bits per heavy atom. The molecule has 2 amide bonds. The van der Waals surface area contributed by atoms with E-state index in [1.807, 2.05) is 18.2 Å². The zero-order valence-corrected chi connectivity index (χ0v) is 13.2. The number of hydrogen-bond donors (Lipinski definition) is 2. The Morgan fingerprint density at radius 2 is 1.91 bits per heavy atom. The van der Waals surface area contributed by atoms with Gasteiger partial charge in [-0.15, -0.1) is 0 Å². The summed E-state index contributed by atoms with van der Waals surface area (Å²) in [4.78, 5) is 26.1. The molecule has 0 aromatic heterocycles. The van der Waals surface area contributed by atoms with E-state index in [-0.39, 0.29) is 11.9 Å². The van der Waals surface area contributed by atoms with E-state index in [4.69, 9.17) is 10.5 Å². The number of para-hydroxylation sites is 1. The van der Waals surface area contributed by atoms with Gasteiger partial charge in [0, 0.05) is 18.3 Å². The summed E-state index contributed by atoms with van der Waals surface area (Å²) in [6.07, 6.45) is -0.0774. The molecule has 1 fully saturated rings. The highest BCUT2D eigenvalue weighted by molar-refractivity contribution is 5.97. The second-order valence-corrected chi connectivity index (χ2v) is 6.50. The van der Waals surface area contributed by atoms with Crippen LogP contribution in [0.15, 0.2) is 30.3 Å². The van der Waals surface area contributed by atoms with Gasteiger partial charge in [-0.05, 0) is 39.3 Å². The van der Waals surface area contributed by atoms with E-state index in [1.165, 1.54) is 4.90 Å². The Bertz CT molecular complexity index is 539. The number of carbonyl (C=O) groups excluding carboxylic acids is 2. The van der Waals surface area contributed by atoms with E-state index in [0.29, 0.717) is 18.7 Å².